The maximum atomic E-state index is 13.4. The lowest BCUT2D eigenvalue weighted by Crippen LogP contribution is -2.16. The van der Waals surface area contributed by atoms with Crippen LogP contribution in [0.4, 0.5) is 13.9 Å². The Balaban J connectivity index is 1.46. The highest BCUT2D eigenvalue weighted by Crippen LogP contribution is 2.40. The molecule has 1 aliphatic rings. The quantitative estimate of drug-likeness (QED) is 0.603. The van der Waals surface area contributed by atoms with Gasteiger partial charge in [0.25, 0.3) is 0 Å². The van der Waals surface area contributed by atoms with Crippen LogP contribution in [0.5, 0.6) is 17.2 Å². The molecule has 3 aromatic rings. The molecule has 154 valence electrons. The molecule has 1 aromatic heterocycles. The number of rotatable bonds is 5. The van der Waals surface area contributed by atoms with Gasteiger partial charge in [-0.2, -0.15) is 0 Å². The number of hydrogen-bond acceptors (Lipinski definition) is 6. The molecule has 0 fully saturated rings. The summed E-state index contributed by atoms with van der Waals surface area (Å²) in [5.74, 6) is -0.666. The van der Waals surface area contributed by atoms with Crippen LogP contribution in [0.25, 0.3) is 17.3 Å². The van der Waals surface area contributed by atoms with Gasteiger partial charge < -0.3 is 14.2 Å². The first kappa shape index (κ1) is 19.8. The molecule has 30 heavy (non-hydrogen) atoms. The Kier molecular flexibility index (Phi) is 5.62. The molecule has 0 unspecified atom stereocenters. The SMILES string of the molecule is COc1cc(/C=C/C(=O)Nc2nc(-c3ccc(F)c(F)c3)cs2)cc2c1OCCO2. The summed E-state index contributed by atoms with van der Waals surface area (Å²) in [6.45, 7) is 0.884. The first-order chi connectivity index (χ1) is 14.5. The van der Waals surface area contributed by atoms with Crippen molar-refractivity contribution in [3.05, 3.63) is 59.0 Å². The number of methoxy groups -OCH3 is 1. The van der Waals surface area contributed by atoms with Gasteiger partial charge in [0.05, 0.1) is 12.8 Å². The number of hydrogen-bond donors (Lipinski definition) is 1. The normalized spacial score (nSPS) is 12.8. The number of anilines is 1. The number of fused-ring (bicyclic) bond motifs is 1. The number of nitrogens with zero attached hydrogens (tertiary/aromatic N) is 1. The minimum atomic E-state index is -0.955. The molecule has 2 aromatic carbocycles. The Hall–Kier alpha value is -3.46. The molecule has 0 radical (unpaired) electrons. The molecule has 9 heteroatoms. The van der Waals surface area contributed by atoms with Crippen molar-refractivity contribution in [3.63, 3.8) is 0 Å². The van der Waals surface area contributed by atoms with Crippen molar-refractivity contribution >= 4 is 28.5 Å². The highest BCUT2D eigenvalue weighted by molar-refractivity contribution is 7.14. The molecule has 0 bridgehead atoms. The zero-order valence-corrected chi connectivity index (χ0v) is 16.6. The average Bonchev–Trinajstić information content (AvgIpc) is 3.22. The molecule has 2 heterocycles. The van der Waals surface area contributed by atoms with Crippen LogP contribution >= 0.6 is 11.3 Å². The third-order valence-electron chi connectivity index (χ3n) is 4.23. The standard InChI is InChI=1S/C21H16F2N2O4S/c1-27-17-8-12(9-18-20(17)29-7-6-28-18)2-5-19(26)25-21-24-16(11-30-21)13-3-4-14(22)15(23)10-13/h2-5,8-11H,6-7H2,1H3,(H,24,25,26)/b5-2+. The summed E-state index contributed by atoms with van der Waals surface area (Å²) >= 11 is 1.18. The van der Waals surface area contributed by atoms with Crippen LogP contribution in [0.15, 0.2) is 41.8 Å². The first-order valence-electron chi connectivity index (χ1n) is 8.91. The molecule has 0 atom stereocenters. The van der Waals surface area contributed by atoms with Crippen LogP contribution in [0.3, 0.4) is 0 Å². The smallest absolute Gasteiger partial charge is 0.250 e. The summed E-state index contributed by atoms with van der Waals surface area (Å²) in [4.78, 5) is 16.5. The van der Waals surface area contributed by atoms with Crippen molar-refractivity contribution in [1.82, 2.24) is 4.98 Å². The van der Waals surface area contributed by atoms with Gasteiger partial charge in [-0.3, -0.25) is 10.1 Å². The van der Waals surface area contributed by atoms with E-state index in [2.05, 4.69) is 10.3 Å². The lowest BCUT2D eigenvalue weighted by molar-refractivity contribution is -0.111. The van der Waals surface area contributed by atoms with Gasteiger partial charge in [0.2, 0.25) is 11.7 Å². The van der Waals surface area contributed by atoms with E-state index in [4.69, 9.17) is 14.2 Å². The molecule has 6 nitrogen and oxygen atoms in total. The fraction of sp³-hybridized carbons (Fsp3) is 0.143. The van der Waals surface area contributed by atoms with Crippen molar-refractivity contribution < 1.29 is 27.8 Å². The number of carbonyl (C=O) groups excluding carboxylic acids is 1. The third-order valence-corrected chi connectivity index (χ3v) is 4.98. The first-order valence-corrected chi connectivity index (χ1v) is 9.79. The Labute approximate surface area is 174 Å². The van der Waals surface area contributed by atoms with Crippen molar-refractivity contribution in [2.45, 2.75) is 0 Å². The number of ether oxygens (including phenoxy) is 3. The van der Waals surface area contributed by atoms with E-state index in [1.165, 1.54) is 30.6 Å². The predicted molar refractivity (Wildman–Crippen MR) is 109 cm³/mol. The second kappa shape index (κ2) is 8.50. The zero-order valence-electron chi connectivity index (χ0n) is 15.8. The van der Waals surface area contributed by atoms with Crippen LogP contribution in [0, 0.1) is 11.6 Å². The fourth-order valence-electron chi connectivity index (χ4n) is 2.83. The van der Waals surface area contributed by atoms with Gasteiger partial charge in [-0.25, -0.2) is 13.8 Å². The van der Waals surface area contributed by atoms with Gasteiger partial charge in [-0.15, -0.1) is 11.3 Å². The minimum absolute atomic E-state index is 0.337. The summed E-state index contributed by atoms with van der Waals surface area (Å²) in [6.07, 6.45) is 2.96. The van der Waals surface area contributed by atoms with E-state index < -0.39 is 17.5 Å². The van der Waals surface area contributed by atoms with Crippen LogP contribution in [0.1, 0.15) is 5.56 Å². The second-order valence-corrected chi connectivity index (χ2v) is 7.09. The van der Waals surface area contributed by atoms with Crippen molar-refractivity contribution in [1.29, 1.82) is 0 Å². The van der Waals surface area contributed by atoms with E-state index in [-0.39, 0.29) is 0 Å². The van der Waals surface area contributed by atoms with Crippen molar-refractivity contribution in [2.24, 2.45) is 0 Å². The molecule has 0 saturated carbocycles. The number of amides is 1. The average molecular weight is 430 g/mol. The second-order valence-electron chi connectivity index (χ2n) is 6.24. The fourth-order valence-corrected chi connectivity index (χ4v) is 3.55. The summed E-state index contributed by atoms with van der Waals surface area (Å²) in [7, 11) is 1.53. The zero-order chi connectivity index (χ0) is 21.1. The van der Waals surface area contributed by atoms with Crippen molar-refractivity contribution in [3.8, 4) is 28.5 Å². The van der Waals surface area contributed by atoms with Gasteiger partial charge in [0.15, 0.2) is 28.3 Å². The molecule has 1 N–H and O–H groups in total. The van der Waals surface area contributed by atoms with Gasteiger partial charge in [-0.1, -0.05) is 0 Å². The lowest BCUT2D eigenvalue weighted by Gasteiger charge is -2.20. The number of nitrogens with one attached hydrogen (secondary N) is 1. The highest BCUT2D eigenvalue weighted by Gasteiger charge is 2.18. The highest BCUT2D eigenvalue weighted by atomic mass is 32.1. The van der Waals surface area contributed by atoms with Crippen LogP contribution < -0.4 is 19.5 Å². The van der Waals surface area contributed by atoms with Crippen molar-refractivity contribution in [2.75, 3.05) is 25.6 Å². The molecule has 1 amide bonds. The van der Waals surface area contributed by atoms with Crippen LogP contribution in [0.2, 0.25) is 0 Å². The molecule has 0 saturated heterocycles. The van der Waals surface area contributed by atoms with E-state index in [1.54, 1.807) is 23.6 Å². The van der Waals surface area contributed by atoms with Gasteiger partial charge >= 0.3 is 0 Å². The van der Waals surface area contributed by atoms with Crippen LogP contribution in [-0.4, -0.2) is 31.2 Å². The molecule has 0 aliphatic carbocycles. The Morgan fingerprint density at radius 3 is 2.83 bits per heavy atom. The van der Waals surface area contributed by atoms with Gasteiger partial charge in [-0.05, 0) is 42.0 Å². The maximum Gasteiger partial charge on any atom is 0.250 e. The molecular weight excluding hydrogens is 414 g/mol. The largest absolute Gasteiger partial charge is 0.493 e. The summed E-state index contributed by atoms with van der Waals surface area (Å²) < 4.78 is 42.9. The van der Waals surface area contributed by atoms with E-state index in [0.29, 0.717) is 52.4 Å². The summed E-state index contributed by atoms with van der Waals surface area (Å²) in [6, 6.07) is 7.01. The molecular formula is C21H16F2N2O4S. The van der Waals surface area contributed by atoms with Gasteiger partial charge in [0.1, 0.15) is 13.2 Å². The lowest BCUT2D eigenvalue weighted by atomic mass is 10.1. The number of aromatic nitrogens is 1. The van der Waals surface area contributed by atoms with E-state index in [9.17, 15) is 13.6 Å². The molecule has 4 rings (SSSR count). The third kappa shape index (κ3) is 4.25. The Bertz CT molecular complexity index is 1110. The van der Waals surface area contributed by atoms with Gasteiger partial charge in [0, 0.05) is 17.0 Å². The maximum absolute atomic E-state index is 13.4. The molecule has 1 aliphatic heterocycles. The number of carbonyl (C=O) groups is 1. The Morgan fingerprint density at radius 1 is 1.20 bits per heavy atom. The monoisotopic (exact) mass is 430 g/mol. The predicted octanol–water partition coefficient (Wildman–Crippen LogP) is 4.52. The van der Waals surface area contributed by atoms with E-state index >= 15 is 0 Å². The topological polar surface area (TPSA) is 69.7 Å². The number of benzene rings is 2. The van der Waals surface area contributed by atoms with E-state index in [1.807, 2.05) is 0 Å². The van der Waals surface area contributed by atoms with E-state index in [0.717, 1.165) is 12.1 Å². The Morgan fingerprint density at radius 2 is 2.03 bits per heavy atom. The number of thiazole rings is 1. The van der Waals surface area contributed by atoms with Crippen LogP contribution in [-0.2, 0) is 4.79 Å². The number of halogens is 2. The summed E-state index contributed by atoms with van der Waals surface area (Å²) in [5.41, 5.74) is 1.56. The minimum Gasteiger partial charge on any atom is -0.493 e. The molecule has 0 spiro atoms. The summed E-state index contributed by atoms with van der Waals surface area (Å²) in [5, 5.41) is 4.63.